The zero-order chi connectivity index (χ0) is 20.2. The maximum atomic E-state index is 12.7. The van der Waals surface area contributed by atoms with Crippen molar-refractivity contribution < 1.29 is 9.53 Å². The molecule has 4 rings (SSSR count). The van der Waals surface area contributed by atoms with Gasteiger partial charge >= 0.3 is 0 Å². The third kappa shape index (κ3) is 4.19. The van der Waals surface area contributed by atoms with E-state index < -0.39 is 0 Å². The van der Waals surface area contributed by atoms with Crippen LogP contribution in [0.15, 0.2) is 48.7 Å². The van der Waals surface area contributed by atoms with Crippen LogP contribution in [0, 0.1) is 6.92 Å². The van der Waals surface area contributed by atoms with Crippen LogP contribution in [-0.2, 0) is 0 Å². The molecule has 1 fully saturated rings. The Bertz CT molecular complexity index is 975. The second kappa shape index (κ2) is 8.53. The molecule has 152 valence electrons. The zero-order valence-corrected chi connectivity index (χ0v) is 17.0. The fourth-order valence-corrected chi connectivity index (χ4v) is 3.82. The van der Waals surface area contributed by atoms with Crippen molar-refractivity contribution in [3.8, 4) is 5.75 Å². The fraction of sp³-hybridized carbons (Fsp3) is 0.364. The van der Waals surface area contributed by atoms with Crippen LogP contribution in [0.3, 0.4) is 0 Å². The van der Waals surface area contributed by atoms with Crippen molar-refractivity contribution in [2.24, 2.45) is 0 Å². The van der Waals surface area contributed by atoms with Crippen LogP contribution >= 0.6 is 0 Å². The lowest BCUT2D eigenvalue weighted by Crippen LogP contribution is -2.48. The molecule has 29 heavy (non-hydrogen) atoms. The number of amides is 1. The third-order valence-electron chi connectivity index (χ3n) is 5.44. The standard InChI is InChI=1S/C22H27N5O2/c1-17-21(27-11-4-3-5-20(27)24-17)22(28)23-10-12-25-13-15-26(16-14-25)18-6-8-19(29-2)9-7-18/h3-9,11H,10,12-16H2,1-2H3,(H,23,28). The van der Waals surface area contributed by atoms with E-state index in [1.807, 2.05) is 47.9 Å². The minimum Gasteiger partial charge on any atom is -0.497 e. The molecule has 1 aliphatic heterocycles. The summed E-state index contributed by atoms with van der Waals surface area (Å²) in [7, 11) is 1.68. The van der Waals surface area contributed by atoms with Crippen molar-refractivity contribution >= 4 is 17.2 Å². The van der Waals surface area contributed by atoms with Gasteiger partial charge in [0.1, 0.15) is 17.1 Å². The number of methoxy groups -OCH3 is 1. The normalized spacial score (nSPS) is 14.9. The van der Waals surface area contributed by atoms with Crippen LogP contribution < -0.4 is 15.0 Å². The van der Waals surface area contributed by atoms with Crippen molar-refractivity contribution in [2.45, 2.75) is 6.92 Å². The summed E-state index contributed by atoms with van der Waals surface area (Å²) in [6, 6.07) is 14.0. The van der Waals surface area contributed by atoms with E-state index in [0.717, 1.165) is 49.8 Å². The smallest absolute Gasteiger partial charge is 0.270 e. The summed E-state index contributed by atoms with van der Waals surface area (Å²) in [4.78, 5) is 21.9. The number of carbonyl (C=O) groups excluding carboxylic acids is 1. The lowest BCUT2D eigenvalue weighted by molar-refractivity contribution is 0.0941. The van der Waals surface area contributed by atoms with E-state index in [4.69, 9.17) is 4.74 Å². The number of nitrogens with one attached hydrogen (secondary N) is 1. The van der Waals surface area contributed by atoms with Crippen molar-refractivity contribution in [3.63, 3.8) is 0 Å². The van der Waals surface area contributed by atoms with Gasteiger partial charge in [-0.1, -0.05) is 6.07 Å². The highest BCUT2D eigenvalue weighted by molar-refractivity contribution is 5.94. The van der Waals surface area contributed by atoms with Crippen LogP contribution in [-0.4, -0.2) is 66.6 Å². The molecule has 1 aromatic carbocycles. The highest BCUT2D eigenvalue weighted by atomic mass is 16.5. The van der Waals surface area contributed by atoms with Gasteiger partial charge < -0.3 is 15.0 Å². The molecular weight excluding hydrogens is 366 g/mol. The summed E-state index contributed by atoms with van der Waals surface area (Å²) in [5.74, 6) is 0.808. The number of ether oxygens (including phenoxy) is 1. The maximum Gasteiger partial charge on any atom is 0.270 e. The predicted octanol–water partition coefficient (Wildman–Crippen LogP) is 2.20. The van der Waals surface area contributed by atoms with Gasteiger partial charge in [-0.25, -0.2) is 4.98 Å². The number of hydrogen-bond acceptors (Lipinski definition) is 5. The molecule has 0 bridgehead atoms. The molecule has 3 heterocycles. The number of anilines is 1. The molecule has 0 saturated carbocycles. The zero-order valence-electron chi connectivity index (χ0n) is 17.0. The Kier molecular flexibility index (Phi) is 5.67. The second-order valence-electron chi connectivity index (χ2n) is 7.26. The Morgan fingerprint density at radius 1 is 1.10 bits per heavy atom. The number of piperazine rings is 1. The summed E-state index contributed by atoms with van der Waals surface area (Å²) in [6.07, 6.45) is 1.88. The Morgan fingerprint density at radius 3 is 2.59 bits per heavy atom. The first kappa shape index (κ1) is 19.3. The number of carbonyl (C=O) groups is 1. The number of aryl methyl sites for hydroxylation is 1. The first-order valence-corrected chi connectivity index (χ1v) is 9.99. The van der Waals surface area contributed by atoms with E-state index >= 15 is 0 Å². The first-order chi connectivity index (χ1) is 14.2. The van der Waals surface area contributed by atoms with Gasteiger partial charge in [-0.15, -0.1) is 0 Å². The topological polar surface area (TPSA) is 62.1 Å². The summed E-state index contributed by atoms with van der Waals surface area (Å²) < 4.78 is 7.07. The Balaban J connectivity index is 1.26. The van der Waals surface area contributed by atoms with Crippen LogP contribution in [0.5, 0.6) is 5.75 Å². The number of aromatic nitrogens is 2. The van der Waals surface area contributed by atoms with Crippen molar-refractivity contribution in [2.75, 3.05) is 51.3 Å². The Morgan fingerprint density at radius 2 is 1.86 bits per heavy atom. The summed E-state index contributed by atoms with van der Waals surface area (Å²) in [5.41, 5.74) is 3.39. The summed E-state index contributed by atoms with van der Waals surface area (Å²) in [5, 5.41) is 3.05. The minimum absolute atomic E-state index is 0.0712. The van der Waals surface area contributed by atoms with E-state index in [1.165, 1.54) is 5.69 Å². The molecule has 1 saturated heterocycles. The Hall–Kier alpha value is -3.06. The third-order valence-corrected chi connectivity index (χ3v) is 5.44. The molecule has 1 amide bonds. The number of rotatable bonds is 6. The van der Waals surface area contributed by atoms with E-state index in [2.05, 4.69) is 32.2 Å². The summed E-state index contributed by atoms with van der Waals surface area (Å²) >= 11 is 0. The molecule has 1 aliphatic rings. The molecule has 0 atom stereocenters. The molecule has 2 aromatic heterocycles. The van der Waals surface area contributed by atoms with Crippen LogP contribution in [0.2, 0.25) is 0 Å². The van der Waals surface area contributed by atoms with Crippen LogP contribution in [0.25, 0.3) is 5.65 Å². The van der Waals surface area contributed by atoms with Gasteiger partial charge in [-0.05, 0) is 43.3 Å². The van der Waals surface area contributed by atoms with Crippen molar-refractivity contribution in [1.82, 2.24) is 19.6 Å². The number of fused-ring (bicyclic) bond motifs is 1. The molecule has 7 nitrogen and oxygen atoms in total. The number of benzene rings is 1. The molecule has 7 heteroatoms. The quantitative estimate of drug-likeness (QED) is 0.696. The van der Waals surface area contributed by atoms with Gasteiger partial charge in [0.15, 0.2) is 0 Å². The lowest BCUT2D eigenvalue weighted by Gasteiger charge is -2.36. The van der Waals surface area contributed by atoms with Crippen molar-refractivity contribution in [1.29, 1.82) is 0 Å². The van der Waals surface area contributed by atoms with E-state index in [1.54, 1.807) is 7.11 Å². The molecule has 0 unspecified atom stereocenters. The van der Waals surface area contributed by atoms with Crippen LogP contribution in [0.4, 0.5) is 5.69 Å². The van der Waals surface area contributed by atoms with E-state index in [-0.39, 0.29) is 5.91 Å². The monoisotopic (exact) mass is 393 g/mol. The predicted molar refractivity (Wildman–Crippen MR) is 114 cm³/mol. The van der Waals surface area contributed by atoms with Gasteiger partial charge in [0, 0.05) is 51.2 Å². The number of hydrogen-bond donors (Lipinski definition) is 1. The largest absolute Gasteiger partial charge is 0.497 e. The molecule has 0 radical (unpaired) electrons. The minimum atomic E-state index is -0.0712. The van der Waals surface area contributed by atoms with Crippen molar-refractivity contribution in [3.05, 3.63) is 60.0 Å². The highest BCUT2D eigenvalue weighted by Gasteiger charge is 2.19. The van der Waals surface area contributed by atoms with Gasteiger partial charge in [0.2, 0.25) is 0 Å². The lowest BCUT2D eigenvalue weighted by atomic mass is 10.2. The first-order valence-electron chi connectivity index (χ1n) is 9.99. The highest BCUT2D eigenvalue weighted by Crippen LogP contribution is 2.20. The second-order valence-corrected chi connectivity index (χ2v) is 7.26. The maximum absolute atomic E-state index is 12.7. The van der Waals surface area contributed by atoms with Gasteiger partial charge in [-0.2, -0.15) is 0 Å². The number of nitrogens with zero attached hydrogens (tertiary/aromatic N) is 4. The van der Waals surface area contributed by atoms with E-state index in [0.29, 0.717) is 12.2 Å². The molecular formula is C22H27N5O2. The summed E-state index contributed by atoms with van der Waals surface area (Å²) in [6.45, 7) is 7.27. The molecule has 1 N–H and O–H groups in total. The van der Waals surface area contributed by atoms with Gasteiger partial charge in [0.05, 0.1) is 12.8 Å². The average Bonchev–Trinajstić information content (AvgIpc) is 3.10. The SMILES string of the molecule is COc1ccc(N2CCN(CCNC(=O)c3c(C)nc4ccccn34)CC2)cc1. The Labute approximate surface area is 170 Å². The van der Waals surface area contributed by atoms with Crippen LogP contribution in [0.1, 0.15) is 16.2 Å². The molecule has 3 aromatic rings. The number of imidazole rings is 1. The molecule has 0 aliphatic carbocycles. The number of pyridine rings is 1. The average molecular weight is 393 g/mol. The fourth-order valence-electron chi connectivity index (χ4n) is 3.82. The van der Waals surface area contributed by atoms with E-state index in [9.17, 15) is 4.79 Å². The van der Waals surface area contributed by atoms with Gasteiger partial charge in [-0.3, -0.25) is 14.1 Å². The molecule has 0 spiro atoms. The van der Waals surface area contributed by atoms with Gasteiger partial charge in [0.25, 0.3) is 5.91 Å².